The Morgan fingerprint density at radius 2 is 2.08 bits per heavy atom. The Balaban J connectivity index is 1.38. The zero-order valence-electron chi connectivity index (χ0n) is 13.6. The molecule has 0 N–H and O–H groups in total. The minimum atomic E-state index is 0.0853. The smallest absolute Gasteiger partial charge is 0.230 e. The summed E-state index contributed by atoms with van der Waals surface area (Å²) in [6, 6.07) is 9.61. The van der Waals surface area contributed by atoms with Crippen LogP contribution in [-0.2, 0) is 11.2 Å². The van der Waals surface area contributed by atoms with Crippen LogP contribution < -0.4 is 0 Å². The van der Waals surface area contributed by atoms with Crippen molar-refractivity contribution in [3.05, 3.63) is 47.7 Å². The van der Waals surface area contributed by atoms with Crippen molar-refractivity contribution in [2.45, 2.75) is 32.1 Å². The highest BCUT2D eigenvalue weighted by Gasteiger charge is 2.27. The van der Waals surface area contributed by atoms with E-state index < -0.39 is 0 Å². The second-order valence-electron chi connectivity index (χ2n) is 6.29. The fourth-order valence-electron chi connectivity index (χ4n) is 3.20. The second-order valence-corrected chi connectivity index (χ2v) is 6.29. The third-order valence-corrected chi connectivity index (χ3v) is 4.51. The predicted octanol–water partition coefficient (Wildman–Crippen LogP) is 3.07. The number of hydrogen-bond acceptors (Lipinski definition) is 5. The monoisotopic (exact) mass is 325 g/mol. The third-order valence-electron chi connectivity index (χ3n) is 4.51. The number of carbonyl (C=O) groups is 1. The quantitative estimate of drug-likeness (QED) is 0.740. The van der Waals surface area contributed by atoms with Gasteiger partial charge in [-0.3, -0.25) is 4.79 Å². The maximum Gasteiger partial charge on any atom is 0.230 e. The Bertz CT molecular complexity index is 826. The van der Waals surface area contributed by atoms with Crippen LogP contribution >= 0.6 is 0 Å². The lowest BCUT2D eigenvalue weighted by Gasteiger charge is -2.30. The van der Waals surface area contributed by atoms with Crippen molar-refractivity contribution in [3.63, 3.8) is 0 Å². The summed E-state index contributed by atoms with van der Waals surface area (Å²) in [4.78, 5) is 18.8. The van der Waals surface area contributed by atoms with E-state index in [4.69, 9.17) is 8.94 Å². The van der Waals surface area contributed by atoms with E-state index in [9.17, 15) is 4.79 Å². The Morgan fingerprint density at radius 1 is 1.29 bits per heavy atom. The maximum atomic E-state index is 12.4. The first-order valence-electron chi connectivity index (χ1n) is 8.24. The normalized spacial score (nSPS) is 16.0. The number of aromatic nitrogens is 2. The number of piperidine rings is 1. The van der Waals surface area contributed by atoms with Crippen LogP contribution in [0, 0.1) is 6.92 Å². The van der Waals surface area contributed by atoms with E-state index in [1.54, 1.807) is 0 Å². The Hall–Kier alpha value is -2.63. The third kappa shape index (κ3) is 2.91. The van der Waals surface area contributed by atoms with Crippen LogP contribution in [0.5, 0.6) is 0 Å². The second kappa shape index (κ2) is 6.11. The molecule has 1 fully saturated rings. The van der Waals surface area contributed by atoms with Crippen LogP contribution in [0.4, 0.5) is 0 Å². The van der Waals surface area contributed by atoms with Gasteiger partial charge in [-0.1, -0.05) is 17.3 Å². The number of para-hydroxylation sites is 2. The van der Waals surface area contributed by atoms with Crippen molar-refractivity contribution >= 4 is 17.0 Å². The predicted molar refractivity (Wildman–Crippen MR) is 87.5 cm³/mol. The van der Waals surface area contributed by atoms with E-state index in [0.717, 1.165) is 48.6 Å². The Morgan fingerprint density at radius 3 is 2.79 bits per heavy atom. The highest BCUT2D eigenvalue weighted by atomic mass is 16.5. The van der Waals surface area contributed by atoms with Gasteiger partial charge in [0.2, 0.25) is 5.91 Å². The van der Waals surface area contributed by atoms with E-state index in [0.29, 0.717) is 5.76 Å². The standard InChI is InChI=1S/C18H19N3O3/c1-12-10-14(24-20-12)11-17(22)21-8-6-13(7-9-21)18-19-15-4-2-3-5-16(15)23-18/h2-5,10,13H,6-9,11H2,1H3. The summed E-state index contributed by atoms with van der Waals surface area (Å²) in [5, 5.41) is 3.82. The lowest BCUT2D eigenvalue weighted by molar-refractivity contribution is -0.131. The van der Waals surface area contributed by atoms with Crippen LogP contribution in [0.25, 0.3) is 11.1 Å². The fraction of sp³-hybridized carbons (Fsp3) is 0.389. The molecule has 2 aromatic heterocycles. The van der Waals surface area contributed by atoms with E-state index in [-0.39, 0.29) is 18.2 Å². The minimum absolute atomic E-state index is 0.0853. The van der Waals surface area contributed by atoms with Crippen LogP contribution in [0.2, 0.25) is 0 Å². The summed E-state index contributed by atoms with van der Waals surface area (Å²) in [6.07, 6.45) is 2.01. The molecule has 0 radical (unpaired) electrons. The number of benzene rings is 1. The molecular weight excluding hydrogens is 306 g/mol. The van der Waals surface area contributed by atoms with E-state index in [1.165, 1.54) is 0 Å². The van der Waals surface area contributed by atoms with Crippen molar-refractivity contribution in [1.82, 2.24) is 15.0 Å². The summed E-state index contributed by atoms with van der Waals surface area (Å²) >= 11 is 0. The van der Waals surface area contributed by atoms with Crippen molar-refractivity contribution < 1.29 is 13.7 Å². The first kappa shape index (κ1) is 14.9. The molecule has 24 heavy (non-hydrogen) atoms. The van der Waals surface area contributed by atoms with Gasteiger partial charge in [0, 0.05) is 25.1 Å². The summed E-state index contributed by atoms with van der Waals surface area (Å²) in [6.45, 7) is 3.29. The fourth-order valence-corrected chi connectivity index (χ4v) is 3.20. The van der Waals surface area contributed by atoms with Crippen LogP contribution in [-0.4, -0.2) is 34.0 Å². The van der Waals surface area contributed by atoms with Crippen LogP contribution in [0.1, 0.15) is 36.1 Å². The molecule has 3 aromatic rings. The molecule has 0 bridgehead atoms. The molecule has 6 nitrogen and oxygen atoms in total. The molecule has 0 atom stereocenters. The molecule has 1 amide bonds. The first-order chi connectivity index (χ1) is 11.7. The molecule has 0 spiro atoms. The number of hydrogen-bond donors (Lipinski definition) is 0. The van der Waals surface area contributed by atoms with Crippen molar-refractivity contribution in [3.8, 4) is 0 Å². The van der Waals surface area contributed by atoms with Crippen LogP contribution in [0.15, 0.2) is 39.3 Å². The average Bonchev–Trinajstić information content (AvgIpc) is 3.21. The Kier molecular flexibility index (Phi) is 3.80. The van der Waals surface area contributed by atoms with Gasteiger partial charge >= 0.3 is 0 Å². The van der Waals surface area contributed by atoms with Gasteiger partial charge in [-0.05, 0) is 31.9 Å². The topological polar surface area (TPSA) is 72.4 Å². The molecule has 1 aromatic carbocycles. The summed E-state index contributed by atoms with van der Waals surface area (Å²) in [5.74, 6) is 1.77. The maximum absolute atomic E-state index is 12.4. The van der Waals surface area contributed by atoms with Crippen molar-refractivity contribution in [2.75, 3.05) is 13.1 Å². The van der Waals surface area contributed by atoms with E-state index in [2.05, 4.69) is 10.1 Å². The number of amides is 1. The van der Waals surface area contributed by atoms with Gasteiger partial charge in [-0.15, -0.1) is 0 Å². The van der Waals surface area contributed by atoms with E-state index >= 15 is 0 Å². The average molecular weight is 325 g/mol. The summed E-state index contributed by atoms with van der Waals surface area (Å²) in [5.41, 5.74) is 2.52. The number of fused-ring (bicyclic) bond motifs is 1. The molecule has 0 saturated carbocycles. The van der Waals surface area contributed by atoms with Gasteiger partial charge in [0.05, 0.1) is 12.1 Å². The molecule has 1 saturated heterocycles. The highest BCUT2D eigenvalue weighted by Crippen LogP contribution is 2.30. The van der Waals surface area contributed by atoms with Gasteiger partial charge in [-0.25, -0.2) is 4.98 Å². The van der Waals surface area contributed by atoms with Gasteiger partial charge in [0.1, 0.15) is 11.3 Å². The molecule has 124 valence electrons. The number of carbonyl (C=O) groups excluding carboxylic acids is 1. The number of nitrogens with zero attached hydrogens (tertiary/aromatic N) is 3. The lowest BCUT2D eigenvalue weighted by Crippen LogP contribution is -2.38. The van der Waals surface area contributed by atoms with Gasteiger partial charge in [0.15, 0.2) is 11.5 Å². The highest BCUT2D eigenvalue weighted by molar-refractivity contribution is 5.78. The van der Waals surface area contributed by atoms with Crippen molar-refractivity contribution in [2.24, 2.45) is 0 Å². The first-order valence-corrected chi connectivity index (χ1v) is 8.24. The largest absolute Gasteiger partial charge is 0.440 e. The Labute approximate surface area is 139 Å². The van der Waals surface area contributed by atoms with Crippen LogP contribution in [0.3, 0.4) is 0 Å². The number of likely N-dealkylation sites (tertiary alicyclic amines) is 1. The molecule has 0 aliphatic carbocycles. The SMILES string of the molecule is Cc1cc(CC(=O)N2CCC(c3nc4ccccc4o3)CC2)on1. The molecular formula is C18H19N3O3. The molecule has 4 rings (SSSR count). The zero-order valence-corrected chi connectivity index (χ0v) is 13.6. The molecule has 0 unspecified atom stereocenters. The summed E-state index contributed by atoms with van der Waals surface area (Å²) in [7, 11) is 0. The van der Waals surface area contributed by atoms with Gasteiger partial charge in [-0.2, -0.15) is 0 Å². The molecule has 1 aliphatic heterocycles. The minimum Gasteiger partial charge on any atom is -0.440 e. The van der Waals surface area contributed by atoms with Crippen molar-refractivity contribution in [1.29, 1.82) is 0 Å². The van der Waals surface area contributed by atoms with Gasteiger partial charge in [0.25, 0.3) is 0 Å². The van der Waals surface area contributed by atoms with Gasteiger partial charge < -0.3 is 13.8 Å². The summed E-state index contributed by atoms with van der Waals surface area (Å²) < 4.78 is 11.0. The number of rotatable bonds is 3. The lowest BCUT2D eigenvalue weighted by atomic mass is 9.96. The molecule has 6 heteroatoms. The zero-order chi connectivity index (χ0) is 16.5. The number of oxazole rings is 1. The van der Waals surface area contributed by atoms with E-state index in [1.807, 2.05) is 42.2 Å². The molecule has 1 aliphatic rings. The molecule has 3 heterocycles. The number of aryl methyl sites for hydroxylation is 1.